The average Bonchev–Trinajstić information content (AvgIpc) is 2.79. The molecule has 5 heteroatoms. The van der Waals surface area contributed by atoms with Gasteiger partial charge < -0.3 is 9.15 Å². The molecule has 0 bridgehead atoms. The average molecular weight is 312 g/mol. The Hall–Kier alpha value is -1.52. The fraction of sp³-hybridized carbons (Fsp3) is 0.438. The van der Waals surface area contributed by atoms with Crippen molar-refractivity contribution in [3.05, 3.63) is 29.5 Å². The first-order chi connectivity index (χ1) is 9.60. The van der Waals surface area contributed by atoms with Crippen LogP contribution in [-0.2, 0) is 0 Å². The summed E-state index contributed by atoms with van der Waals surface area (Å²) in [5, 5.41) is 0.832. The van der Waals surface area contributed by atoms with Gasteiger partial charge in [-0.15, -0.1) is 12.4 Å². The molecule has 0 saturated carbocycles. The Morgan fingerprint density at radius 2 is 1.95 bits per heavy atom. The minimum atomic E-state index is 0. The lowest BCUT2D eigenvalue weighted by molar-refractivity contribution is 0.0937. The maximum absolute atomic E-state index is 12.5. The topological polar surface area (TPSA) is 42.7 Å². The van der Waals surface area contributed by atoms with Crippen LogP contribution in [0.25, 0.3) is 11.0 Å². The smallest absolute Gasteiger partial charge is 0.180 e. The van der Waals surface area contributed by atoms with Gasteiger partial charge in [-0.05, 0) is 38.2 Å². The first-order valence-electron chi connectivity index (χ1n) is 6.93. The molecular formula is C16H22ClNO3. The van der Waals surface area contributed by atoms with E-state index in [1.54, 1.807) is 7.11 Å². The Kier molecular flexibility index (Phi) is 6.24. The molecule has 1 aromatic carbocycles. The van der Waals surface area contributed by atoms with Gasteiger partial charge in [0.2, 0.25) is 0 Å². The van der Waals surface area contributed by atoms with Gasteiger partial charge in [0.25, 0.3) is 0 Å². The van der Waals surface area contributed by atoms with Crippen LogP contribution in [0.1, 0.15) is 30.0 Å². The number of hydrogen-bond donors (Lipinski definition) is 0. The number of halogens is 1. The number of likely N-dealkylation sites (N-methyl/N-ethyl adjacent to an activating group) is 1. The summed E-state index contributed by atoms with van der Waals surface area (Å²) in [4.78, 5) is 14.6. The summed E-state index contributed by atoms with van der Waals surface area (Å²) in [7, 11) is 1.62. The summed E-state index contributed by atoms with van der Waals surface area (Å²) < 4.78 is 10.9. The summed E-state index contributed by atoms with van der Waals surface area (Å²) in [5.41, 5.74) is 1.40. The third-order valence-corrected chi connectivity index (χ3v) is 3.61. The highest BCUT2D eigenvalue weighted by Gasteiger charge is 2.20. The highest BCUT2D eigenvalue weighted by atomic mass is 35.5. The number of carbonyl (C=O) groups excluding carboxylic acids is 1. The maximum atomic E-state index is 12.5. The molecule has 0 aliphatic rings. The van der Waals surface area contributed by atoms with E-state index < -0.39 is 0 Å². The Labute approximate surface area is 131 Å². The molecule has 0 fully saturated rings. The molecule has 0 N–H and O–H groups in total. The first kappa shape index (κ1) is 17.5. The van der Waals surface area contributed by atoms with Crippen LogP contribution in [0.2, 0.25) is 0 Å². The molecule has 2 rings (SSSR count). The molecule has 0 spiro atoms. The third-order valence-electron chi connectivity index (χ3n) is 3.61. The van der Waals surface area contributed by atoms with E-state index in [9.17, 15) is 4.79 Å². The van der Waals surface area contributed by atoms with Crippen molar-refractivity contribution in [1.29, 1.82) is 0 Å². The molecule has 0 radical (unpaired) electrons. The van der Waals surface area contributed by atoms with E-state index >= 15 is 0 Å². The third kappa shape index (κ3) is 3.57. The summed E-state index contributed by atoms with van der Waals surface area (Å²) in [5.74, 6) is 1.50. The molecular weight excluding hydrogens is 290 g/mol. The number of ether oxygens (including phenoxy) is 1. The number of fused-ring (bicyclic) bond motifs is 1. The van der Waals surface area contributed by atoms with Crippen molar-refractivity contribution in [3.63, 3.8) is 0 Å². The number of benzene rings is 1. The number of carbonyl (C=O) groups is 1. The number of methoxy groups -OCH3 is 1. The Morgan fingerprint density at radius 1 is 1.29 bits per heavy atom. The summed E-state index contributed by atoms with van der Waals surface area (Å²) in [6, 6.07) is 5.54. The largest absolute Gasteiger partial charge is 0.497 e. The molecule has 2 aromatic rings. The molecule has 0 saturated heterocycles. The normalized spacial score (nSPS) is 10.7. The fourth-order valence-electron chi connectivity index (χ4n) is 2.40. The van der Waals surface area contributed by atoms with Gasteiger partial charge in [-0.1, -0.05) is 13.8 Å². The number of ketones is 1. The molecule has 0 aliphatic carbocycles. The van der Waals surface area contributed by atoms with Crippen LogP contribution in [-0.4, -0.2) is 37.4 Å². The Morgan fingerprint density at radius 3 is 2.52 bits per heavy atom. The summed E-state index contributed by atoms with van der Waals surface area (Å²) in [6.45, 7) is 8.09. The van der Waals surface area contributed by atoms with E-state index in [4.69, 9.17) is 9.15 Å². The van der Waals surface area contributed by atoms with E-state index in [0.29, 0.717) is 17.9 Å². The molecule has 1 aromatic heterocycles. The van der Waals surface area contributed by atoms with Crippen LogP contribution < -0.4 is 4.74 Å². The fourth-order valence-corrected chi connectivity index (χ4v) is 2.40. The molecule has 116 valence electrons. The monoisotopic (exact) mass is 311 g/mol. The summed E-state index contributed by atoms with van der Waals surface area (Å²) in [6.07, 6.45) is 0. The second-order valence-electron chi connectivity index (χ2n) is 4.78. The predicted octanol–water partition coefficient (Wildman–Crippen LogP) is 3.70. The van der Waals surface area contributed by atoms with Crippen molar-refractivity contribution in [2.75, 3.05) is 26.7 Å². The SMILES string of the molecule is CCN(CC)CC(=O)c1c(C)oc2ccc(OC)cc12.Cl. The van der Waals surface area contributed by atoms with Gasteiger partial charge in [0, 0.05) is 5.39 Å². The second kappa shape index (κ2) is 7.48. The highest BCUT2D eigenvalue weighted by Crippen LogP contribution is 2.29. The molecule has 0 aliphatic heterocycles. The predicted molar refractivity (Wildman–Crippen MR) is 86.9 cm³/mol. The van der Waals surface area contributed by atoms with Crippen LogP contribution >= 0.6 is 12.4 Å². The summed E-state index contributed by atoms with van der Waals surface area (Å²) >= 11 is 0. The molecule has 0 amide bonds. The van der Waals surface area contributed by atoms with Crippen LogP contribution in [0.5, 0.6) is 5.75 Å². The molecule has 1 heterocycles. The second-order valence-corrected chi connectivity index (χ2v) is 4.78. The number of aryl methyl sites for hydroxylation is 1. The van der Waals surface area contributed by atoms with Crippen LogP contribution in [0.4, 0.5) is 0 Å². The van der Waals surface area contributed by atoms with E-state index in [-0.39, 0.29) is 18.2 Å². The van der Waals surface area contributed by atoms with Gasteiger partial charge in [-0.25, -0.2) is 0 Å². The van der Waals surface area contributed by atoms with Crippen molar-refractivity contribution < 1.29 is 13.9 Å². The number of hydrogen-bond acceptors (Lipinski definition) is 4. The number of rotatable bonds is 6. The van der Waals surface area contributed by atoms with Gasteiger partial charge in [-0.3, -0.25) is 9.69 Å². The number of nitrogens with zero attached hydrogens (tertiary/aromatic N) is 1. The highest BCUT2D eigenvalue weighted by molar-refractivity contribution is 6.09. The maximum Gasteiger partial charge on any atom is 0.180 e. The molecule has 0 atom stereocenters. The molecule has 4 nitrogen and oxygen atoms in total. The quantitative estimate of drug-likeness (QED) is 0.763. The van der Waals surface area contributed by atoms with E-state index in [2.05, 4.69) is 18.7 Å². The van der Waals surface area contributed by atoms with Crippen molar-refractivity contribution in [1.82, 2.24) is 4.90 Å². The lowest BCUT2D eigenvalue weighted by Crippen LogP contribution is -2.29. The number of furan rings is 1. The van der Waals surface area contributed by atoms with E-state index in [1.165, 1.54) is 0 Å². The van der Waals surface area contributed by atoms with Gasteiger partial charge in [-0.2, -0.15) is 0 Å². The number of Topliss-reactive ketones (excluding diaryl/α,β-unsaturated/α-hetero) is 1. The van der Waals surface area contributed by atoms with Crippen LogP contribution in [0.15, 0.2) is 22.6 Å². The van der Waals surface area contributed by atoms with Crippen molar-refractivity contribution in [3.8, 4) is 5.75 Å². The standard InChI is InChI=1S/C16H21NO3.ClH/c1-5-17(6-2)10-14(18)16-11(3)20-15-8-7-12(19-4)9-13(15)16;/h7-9H,5-6,10H2,1-4H3;1H. The van der Waals surface area contributed by atoms with E-state index in [1.807, 2.05) is 25.1 Å². The van der Waals surface area contributed by atoms with Gasteiger partial charge in [0.1, 0.15) is 17.1 Å². The molecule has 0 unspecified atom stereocenters. The lowest BCUT2D eigenvalue weighted by Gasteiger charge is -2.16. The van der Waals surface area contributed by atoms with Crippen molar-refractivity contribution >= 4 is 29.2 Å². The van der Waals surface area contributed by atoms with Crippen LogP contribution in [0, 0.1) is 6.92 Å². The Balaban J connectivity index is 0.00000220. The van der Waals surface area contributed by atoms with Crippen molar-refractivity contribution in [2.45, 2.75) is 20.8 Å². The lowest BCUT2D eigenvalue weighted by atomic mass is 10.1. The zero-order valence-electron chi connectivity index (χ0n) is 12.9. The zero-order valence-corrected chi connectivity index (χ0v) is 13.8. The zero-order chi connectivity index (χ0) is 14.7. The van der Waals surface area contributed by atoms with Crippen LogP contribution in [0.3, 0.4) is 0 Å². The van der Waals surface area contributed by atoms with Gasteiger partial charge >= 0.3 is 0 Å². The first-order valence-corrected chi connectivity index (χ1v) is 6.93. The minimum absolute atomic E-state index is 0. The van der Waals surface area contributed by atoms with Crippen molar-refractivity contribution in [2.24, 2.45) is 0 Å². The molecule has 21 heavy (non-hydrogen) atoms. The minimum Gasteiger partial charge on any atom is -0.497 e. The van der Waals surface area contributed by atoms with Gasteiger partial charge in [0.05, 0.1) is 19.2 Å². The van der Waals surface area contributed by atoms with E-state index in [0.717, 1.165) is 29.8 Å². The van der Waals surface area contributed by atoms with Gasteiger partial charge in [0.15, 0.2) is 5.78 Å². The Bertz CT molecular complexity index is 617.